The molecule has 0 bridgehead atoms. The van der Waals surface area contributed by atoms with E-state index in [1.807, 2.05) is 6.07 Å². The highest BCUT2D eigenvalue weighted by atomic mass is 35.5. The van der Waals surface area contributed by atoms with Crippen LogP contribution in [-0.2, 0) is 0 Å². The van der Waals surface area contributed by atoms with E-state index in [0.29, 0.717) is 10.8 Å². The van der Waals surface area contributed by atoms with Crippen LogP contribution in [-0.4, -0.2) is 18.8 Å². The number of hydrogen-bond donors (Lipinski definition) is 1. The van der Waals surface area contributed by atoms with Gasteiger partial charge in [-0.25, -0.2) is 0 Å². The number of aliphatic hydroxyl groups excluding tert-OH is 1. The first-order valence-corrected chi connectivity index (χ1v) is 4.26. The molecule has 1 aromatic rings. The minimum absolute atomic E-state index is 0.0314. The van der Waals surface area contributed by atoms with Gasteiger partial charge in [-0.1, -0.05) is 29.8 Å². The molecule has 1 N–H and O–H groups in total. The van der Waals surface area contributed by atoms with Crippen molar-refractivity contribution in [3.8, 4) is 5.75 Å². The lowest BCUT2D eigenvalue weighted by Crippen LogP contribution is -1.84. The Morgan fingerprint density at radius 1 is 1.54 bits per heavy atom. The normalized spacial score (nSPS) is 10.7. The highest BCUT2D eigenvalue weighted by molar-refractivity contribution is 6.32. The number of ether oxygens (including phenoxy) is 1. The zero-order chi connectivity index (χ0) is 9.68. The minimum atomic E-state index is 0.0314. The molecule has 0 amide bonds. The zero-order valence-corrected chi connectivity index (χ0v) is 8.08. The summed E-state index contributed by atoms with van der Waals surface area (Å²) in [7, 11) is 1.57. The number of benzene rings is 1. The van der Waals surface area contributed by atoms with Crippen LogP contribution in [0.1, 0.15) is 5.56 Å². The standard InChI is InChI=1S/C10H11ClO2/c1-13-10-5-4-8(3-2-6-12)7-9(10)11/h2-5,7,12H,6H2,1H3/b3-2+. The van der Waals surface area contributed by atoms with Gasteiger partial charge in [0.2, 0.25) is 0 Å². The van der Waals surface area contributed by atoms with Gasteiger partial charge in [0.25, 0.3) is 0 Å². The third-order valence-electron chi connectivity index (χ3n) is 1.59. The molecule has 3 heteroatoms. The van der Waals surface area contributed by atoms with E-state index in [2.05, 4.69) is 0 Å². The van der Waals surface area contributed by atoms with Crippen molar-refractivity contribution in [1.82, 2.24) is 0 Å². The molecule has 0 saturated heterocycles. The molecule has 0 fully saturated rings. The van der Waals surface area contributed by atoms with Gasteiger partial charge in [0, 0.05) is 0 Å². The maximum absolute atomic E-state index is 8.55. The van der Waals surface area contributed by atoms with Crippen molar-refractivity contribution in [2.75, 3.05) is 13.7 Å². The van der Waals surface area contributed by atoms with Gasteiger partial charge < -0.3 is 9.84 Å². The van der Waals surface area contributed by atoms with Gasteiger partial charge in [-0.15, -0.1) is 0 Å². The van der Waals surface area contributed by atoms with E-state index >= 15 is 0 Å². The molecule has 13 heavy (non-hydrogen) atoms. The summed E-state index contributed by atoms with van der Waals surface area (Å²) >= 11 is 5.89. The van der Waals surface area contributed by atoms with Crippen molar-refractivity contribution in [1.29, 1.82) is 0 Å². The Labute approximate surface area is 82.4 Å². The molecule has 0 unspecified atom stereocenters. The molecule has 1 aromatic carbocycles. The minimum Gasteiger partial charge on any atom is -0.495 e. The molecule has 0 aliphatic heterocycles. The molecule has 70 valence electrons. The molecule has 0 heterocycles. The van der Waals surface area contributed by atoms with E-state index in [4.69, 9.17) is 21.4 Å². The predicted molar refractivity (Wildman–Crippen MR) is 54.1 cm³/mol. The van der Waals surface area contributed by atoms with Crippen LogP contribution in [0.5, 0.6) is 5.75 Å². The van der Waals surface area contributed by atoms with E-state index in [0.717, 1.165) is 5.56 Å². The van der Waals surface area contributed by atoms with Crippen LogP contribution in [0.25, 0.3) is 6.08 Å². The lowest BCUT2D eigenvalue weighted by atomic mass is 10.2. The summed E-state index contributed by atoms with van der Waals surface area (Å²) in [6.45, 7) is 0.0314. The zero-order valence-electron chi connectivity index (χ0n) is 7.33. The molecule has 0 spiro atoms. The number of halogens is 1. The Morgan fingerprint density at radius 2 is 2.31 bits per heavy atom. The first-order valence-electron chi connectivity index (χ1n) is 3.89. The van der Waals surface area contributed by atoms with E-state index in [1.54, 1.807) is 31.4 Å². The van der Waals surface area contributed by atoms with Gasteiger partial charge in [-0.3, -0.25) is 0 Å². The number of hydrogen-bond acceptors (Lipinski definition) is 2. The Bertz CT molecular complexity index is 308. The summed E-state index contributed by atoms with van der Waals surface area (Å²) in [6, 6.07) is 5.45. The van der Waals surface area contributed by atoms with Crippen LogP contribution in [0.2, 0.25) is 5.02 Å². The second kappa shape index (κ2) is 4.90. The van der Waals surface area contributed by atoms with Crippen LogP contribution >= 0.6 is 11.6 Å². The molecule has 0 aliphatic carbocycles. The van der Waals surface area contributed by atoms with Crippen molar-refractivity contribution in [3.63, 3.8) is 0 Å². The maximum Gasteiger partial charge on any atom is 0.137 e. The van der Waals surface area contributed by atoms with Crippen LogP contribution in [0.3, 0.4) is 0 Å². The van der Waals surface area contributed by atoms with Gasteiger partial charge in [-0.2, -0.15) is 0 Å². The largest absolute Gasteiger partial charge is 0.495 e. The molecular weight excluding hydrogens is 188 g/mol. The molecule has 1 rings (SSSR count). The van der Waals surface area contributed by atoms with Crippen molar-refractivity contribution in [2.24, 2.45) is 0 Å². The van der Waals surface area contributed by atoms with Crippen molar-refractivity contribution in [3.05, 3.63) is 34.9 Å². The molecule has 0 radical (unpaired) electrons. The van der Waals surface area contributed by atoms with Crippen molar-refractivity contribution >= 4 is 17.7 Å². The third-order valence-corrected chi connectivity index (χ3v) is 1.89. The lowest BCUT2D eigenvalue weighted by Gasteiger charge is -2.02. The van der Waals surface area contributed by atoms with Gasteiger partial charge in [0.1, 0.15) is 5.75 Å². The first-order chi connectivity index (χ1) is 6.27. The molecule has 0 aliphatic rings. The molecule has 2 nitrogen and oxygen atoms in total. The van der Waals surface area contributed by atoms with Crippen LogP contribution in [0.15, 0.2) is 24.3 Å². The van der Waals surface area contributed by atoms with Gasteiger partial charge in [-0.05, 0) is 17.7 Å². The summed E-state index contributed by atoms with van der Waals surface area (Å²) in [5, 5.41) is 9.12. The topological polar surface area (TPSA) is 29.5 Å². The van der Waals surface area contributed by atoms with Gasteiger partial charge in [0.05, 0.1) is 18.7 Å². The predicted octanol–water partition coefficient (Wildman–Crippen LogP) is 2.35. The average Bonchev–Trinajstić information content (AvgIpc) is 2.15. The summed E-state index contributed by atoms with van der Waals surface area (Å²) < 4.78 is 5.00. The van der Waals surface area contributed by atoms with E-state index in [-0.39, 0.29) is 6.61 Å². The summed E-state index contributed by atoms with van der Waals surface area (Å²) in [4.78, 5) is 0. The van der Waals surface area contributed by atoms with Crippen molar-refractivity contribution in [2.45, 2.75) is 0 Å². The van der Waals surface area contributed by atoms with Crippen LogP contribution < -0.4 is 4.74 Å². The Kier molecular flexibility index (Phi) is 3.80. The number of methoxy groups -OCH3 is 1. The highest BCUT2D eigenvalue weighted by Crippen LogP contribution is 2.25. The van der Waals surface area contributed by atoms with Crippen LogP contribution in [0.4, 0.5) is 0 Å². The van der Waals surface area contributed by atoms with Gasteiger partial charge in [0.15, 0.2) is 0 Å². The molecular formula is C10H11ClO2. The van der Waals surface area contributed by atoms with Gasteiger partial charge >= 0.3 is 0 Å². The fourth-order valence-electron chi connectivity index (χ4n) is 0.975. The number of rotatable bonds is 3. The van der Waals surface area contributed by atoms with E-state index in [9.17, 15) is 0 Å². The third kappa shape index (κ3) is 2.76. The summed E-state index contributed by atoms with van der Waals surface area (Å²) in [5.41, 5.74) is 0.944. The number of aliphatic hydroxyl groups is 1. The van der Waals surface area contributed by atoms with E-state index < -0.39 is 0 Å². The average molecular weight is 199 g/mol. The fraction of sp³-hybridized carbons (Fsp3) is 0.200. The Hall–Kier alpha value is -0.990. The Balaban J connectivity index is 2.89. The summed E-state index contributed by atoms with van der Waals surface area (Å²) in [5.74, 6) is 0.655. The van der Waals surface area contributed by atoms with Crippen molar-refractivity contribution < 1.29 is 9.84 Å². The smallest absolute Gasteiger partial charge is 0.137 e. The maximum atomic E-state index is 8.55. The van der Waals surface area contributed by atoms with Crippen LogP contribution in [0, 0.1) is 0 Å². The van der Waals surface area contributed by atoms with E-state index in [1.165, 1.54) is 0 Å². The fourth-order valence-corrected chi connectivity index (χ4v) is 1.24. The Morgan fingerprint density at radius 3 is 2.85 bits per heavy atom. The molecule has 0 aromatic heterocycles. The second-order valence-electron chi connectivity index (χ2n) is 2.48. The molecule has 0 atom stereocenters. The quantitative estimate of drug-likeness (QED) is 0.808. The second-order valence-corrected chi connectivity index (χ2v) is 2.89. The first kappa shape index (κ1) is 10.1. The molecule has 0 saturated carbocycles. The SMILES string of the molecule is COc1ccc(/C=C/CO)cc1Cl. The highest BCUT2D eigenvalue weighted by Gasteiger charge is 1.98. The summed E-state index contributed by atoms with van der Waals surface area (Å²) in [6.07, 6.45) is 3.45. The monoisotopic (exact) mass is 198 g/mol. The lowest BCUT2D eigenvalue weighted by molar-refractivity contribution is 0.343.